The maximum absolute atomic E-state index is 9.84. The quantitative estimate of drug-likeness (QED) is 0.694. The smallest absolute Gasteiger partial charge is 0.492 e. The molecular formula is C11H9BO4. The minimum Gasteiger partial charge on any atom is -0.507 e. The van der Waals surface area contributed by atoms with Crippen molar-refractivity contribution >= 4 is 12.6 Å². The van der Waals surface area contributed by atoms with Crippen LogP contribution in [0.15, 0.2) is 34.9 Å². The van der Waals surface area contributed by atoms with E-state index in [2.05, 4.69) is 0 Å². The van der Waals surface area contributed by atoms with Crippen molar-refractivity contribution in [3.05, 3.63) is 36.1 Å². The molecule has 0 amide bonds. The first-order chi connectivity index (χ1) is 7.77. The molecule has 0 saturated heterocycles. The summed E-state index contributed by atoms with van der Waals surface area (Å²) in [6.45, 7) is 0.352. The molecule has 0 unspecified atom stereocenters. The number of phenols is 1. The second-order valence-electron chi connectivity index (χ2n) is 3.67. The van der Waals surface area contributed by atoms with Crippen molar-refractivity contribution in [2.75, 3.05) is 0 Å². The van der Waals surface area contributed by atoms with Gasteiger partial charge in [-0.15, -0.1) is 0 Å². The molecule has 0 fully saturated rings. The lowest BCUT2D eigenvalue weighted by atomic mass is 9.75. The van der Waals surface area contributed by atoms with E-state index in [1.807, 2.05) is 0 Å². The number of phenolic OH excluding ortho intramolecular Hbond substituents is 1. The Kier molecular flexibility index (Phi) is 2.02. The predicted octanol–water partition coefficient (Wildman–Crippen LogP) is 0.870. The maximum atomic E-state index is 9.84. The largest absolute Gasteiger partial charge is 0.507 e. The van der Waals surface area contributed by atoms with Gasteiger partial charge in [-0.3, -0.25) is 0 Å². The van der Waals surface area contributed by atoms with Gasteiger partial charge in [-0.2, -0.15) is 0 Å². The summed E-state index contributed by atoms with van der Waals surface area (Å²) in [4.78, 5) is 0. The molecule has 0 atom stereocenters. The van der Waals surface area contributed by atoms with Crippen LogP contribution >= 0.6 is 0 Å². The Morgan fingerprint density at radius 2 is 2.12 bits per heavy atom. The molecule has 0 spiro atoms. The number of hydrogen-bond donors (Lipinski definition) is 2. The van der Waals surface area contributed by atoms with Crippen molar-refractivity contribution in [1.29, 1.82) is 0 Å². The van der Waals surface area contributed by atoms with E-state index in [-0.39, 0.29) is 5.75 Å². The lowest BCUT2D eigenvalue weighted by Gasteiger charge is -2.07. The summed E-state index contributed by atoms with van der Waals surface area (Å²) in [6.07, 6.45) is 1.52. The number of hydrogen-bond acceptors (Lipinski definition) is 4. The van der Waals surface area contributed by atoms with E-state index in [0.717, 1.165) is 5.56 Å². The molecule has 0 aliphatic carbocycles. The molecule has 3 rings (SSSR count). The minimum atomic E-state index is -0.998. The van der Waals surface area contributed by atoms with Gasteiger partial charge in [0.25, 0.3) is 0 Å². The van der Waals surface area contributed by atoms with Crippen LogP contribution in [0.1, 0.15) is 5.56 Å². The van der Waals surface area contributed by atoms with Crippen molar-refractivity contribution in [1.82, 2.24) is 0 Å². The summed E-state index contributed by atoms with van der Waals surface area (Å²) >= 11 is 0. The molecule has 16 heavy (non-hydrogen) atoms. The van der Waals surface area contributed by atoms with E-state index in [9.17, 15) is 10.1 Å². The fourth-order valence-electron chi connectivity index (χ4n) is 1.99. The molecule has 1 aromatic heterocycles. The molecule has 1 aromatic carbocycles. The predicted molar refractivity (Wildman–Crippen MR) is 58.2 cm³/mol. The van der Waals surface area contributed by atoms with Gasteiger partial charge in [-0.1, -0.05) is 6.07 Å². The van der Waals surface area contributed by atoms with Gasteiger partial charge in [0.05, 0.1) is 18.4 Å². The molecule has 5 heteroatoms. The molecule has 2 heterocycles. The molecule has 0 radical (unpaired) electrons. The second-order valence-corrected chi connectivity index (χ2v) is 3.67. The van der Waals surface area contributed by atoms with Crippen molar-refractivity contribution < 1.29 is 19.2 Å². The third-order valence-corrected chi connectivity index (χ3v) is 2.73. The highest BCUT2D eigenvalue weighted by Gasteiger charge is 2.32. The normalized spacial score (nSPS) is 14.2. The number of fused-ring (bicyclic) bond motifs is 1. The summed E-state index contributed by atoms with van der Waals surface area (Å²) in [5, 5.41) is 19.5. The molecule has 4 nitrogen and oxygen atoms in total. The molecule has 0 bridgehead atoms. The molecular weight excluding hydrogens is 207 g/mol. The van der Waals surface area contributed by atoms with E-state index < -0.39 is 7.12 Å². The summed E-state index contributed by atoms with van der Waals surface area (Å²) in [6, 6.07) is 6.79. The van der Waals surface area contributed by atoms with Crippen LogP contribution in [0.3, 0.4) is 0 Å². The number of benzene rings is 1. The van der Waals surface area contributed by atoms with Gasteiger partial charge >= 0.3 is 7.12 Å². The van der Waals surface area contributed by atoms with Crippen LogP contribution in [0.5, 0.6) is 5.75 Å². The maximum Gasteiger partial charge on any atom is 0.492 e. The standard InChI is InChI=1S/C11H9BO4/c13-8-4-3-7-6-16-12(14)11(7)10(8)9-2-1-5-15-9/h1-5,13-14H,6H2. The summed E-state index contributed by atoms with van der Waals surface area (Å²) < 4.78 is 10.4. The average molecular weight is 216 g/mol. The molecule has 1 aliphatic rings. The molecule has 0 saturated carbocycles. The van der Waals surface area contributed by atoms with E-state index in [1.54, 1.807) is 24.3 Å². The lowest BCUT2D eigenvalue weighted by molar-refractivity contribution is 0.275. The van der Waals surface area contributed by atoms with Crippen LogP contribution in [0.2, 0.25) is 0 Å². The SMILES string of the molecule is OB1OCc2ccc(O)c(-c3ccco3)c21. The third kappa shape index (κ3) is 1.26. The zero-order valence-electron chi connectivity index (χ0n) is 8.38. The zero-order valence-corrected chi connectivity index (χ0v) is 8.38. The van der Waals surface area contributed by atoms with Crippen molar-refractivity contribution in [3.8, 4) is 17.1 Å². The zero-order chi connectivity index (χ0) is 11.1. The molecule has 80 valence electrons. The lowest BCUT2D eigenvalue weighted by Crippen LogP contribution is -2.29. The van der Waals surface area contributed by atoms with Gasteiger partial charge in [0.2, 0.25) is 0 Å². The third-order valence-electron chi connectivity index (χ3n) is 2.73. The Morgan fingerprint density at radius 3 is 2.88 bits per heavy atom. The number of furan rings is 1. The Balaban J connectivity index is 2.28. The van der Waals surface area contributed by atoms with Crippen LogP contribution in [0.4, 0.5) is 0 Å². The fourth-order valence-corrected chi connectivity index (χ4v) is 1.99. The van der Waals surface area contributed by atoms with Crippen LogP contribution < -0.4 is 5.46 Å². The molecule has 1 aliphatic heterocycles. The average Bonchev–Trinajstić information content (AvgIpc) is 2.89. The van der Waals surface area contributed by atoms with E-state index in [1.165, 1.54) is 6.26 Å². The van der Waals surface area contributed by atoms with Crippen molar-refractivity contribution in [2.45, 2.75) is 6.61 Å². The van der Waals surface area contributed by atoms with Gasteiger partial charge < -0.3 is 19.2 Å². The van der Waals surface area contributed by atoms with Gasteiger partial charge in [0.15, 0.2) is 0 Å². The van der Waals surface area contributed by atoms with Gasteiger partial charge in [-0.05, 0) is 23.8 Å². The van der Waals surface area contributed by atoms with Crippen LogP contribution in [0.25, 0.3) is 11.3 Å². The molecule has 2 aromatic rings. The van der Waals surface area contributed by atoms with E-state index in [4.69, 9.17) is 9.07 Å². The molecule has 2 N–H and O–H groups in total. The summed E-state index contributed by atoms with van der Waals surface area (Å²) in [7, 11) is -0.998. The van der Waals surface area contributed by atoms with Crippen LogP contribution in [-0.2, 0) is 11.3 Å². The first-order valence-electron chi connectivity index (χ1n) is 4.95. The monoisotopic (exact) mass is 216 g/mol. The fraction of sp³-hybridized carbons (Fsp3) is 0.0909. The first kappa shape index (κ1) is 9.51. The summed E-state index contributed by atoms with van der Waals surface area (Å²) in [5.74, 6) is 0.608. The van der Waals surface area contributed by atoms with Crippen LogP contribution in [-0.4, -0.2) is 17.2 Å². The van der Waals surface area contributed by atoms with E-state index >= 15 is 0 Å². The first-order valence-corrected chi connectivity index (χ1v) is 4.95. The summed E-state index contributed by atoms with van der Waals surface area (Å²) in [5.41, 5.74) is 1.97. The Hall–Kier alpha value is -1.72. The second kappa shape index (κ2) is 3.40. The highest BCUT2D eigenvalue weighted by Crippen LogP contribution is 2.31. The van der Waals surface area contributed by atoms with Crippen molar-refractivity contribution in [3.63, 3.8) is 0 Å². The Morgan fingerprint density at radius 1 is 1.25 bits per heavy atom. The van der Waals surface area contributed by atoms with Gasteiger partial charge in [-0.25, -0.2) is 0 Å². The Labute approximate surface area is 92.2 Å². The van der Waals surface area contributed by atoms with Gasteiger partial charge in [0.1, 0.15) is 11.5 Å². The van der Waals surface area contributed by atoms with Gasteiger partial charge in [0, 0.05) is 5.46 Å². The van der Waals surface area contributed by atoms with E-state index in [0.29, 0.717) is 23.4 Å². The highest BCUT2D eigenvalue weighted by atomic mass is 16.5. The number of rotatable bonds is 1. The van der Waals surface area contributed by atoms with Crippen LogP contribution in [0, 0.1) is 0 Å². The topological polar surface area (TPSA) is 62.8 Å². The Bertz CT molecular complexity index is 521. The highest BCUT2D eigenvalue weighted by molar-refractivity contribution is 6.63. The van der Waals surface area contributed by atoms with Crippen molar-refractivity contribution in [2.24, 2.45) is 0 Å². The number of aromatic hydroxyl groups is 1. The minimum absolute atomic E-state index is 0.0817.